The van der Waals surface area contributed by atoms with Crippen LogP contribution in [-0.2, 0) is 6.18 Å². The first-order chi connectivity index (χ1) is 12.3. The van der Waals surface area contributed by atoms with Gasteiger partial charge in [-0.25, -0.2) is 9.97 Å². The Bertz CT molecular complexity index is 814. The van der Waals surface area contributed by atoms with E-state index >= 15 is 0 Å². The van der Waals surface area contributed by atoms with Gasteiger partial charge in [0.2, 0.25) is 0 Å². The number of halogens is 3. The Balaban J connectivity index is 1.68. The summed E-state index contributed by atoms with van der Waals surface area (Å²) >= 11 is 0. The monoisotopic (exact) mass is 364 g/mol. The third-order valence-corrected chi connectivity index (χ3v) is 4.45. The van der Waals surface area contributed by atoms with Gasteiger partial charge in [0.15, 0.2) is 0 Å². The van der Waals surface area contributed by atoms with Gasteiger partial charge in [-0.1, -0.05) is 17.7 Å². The van der Waals surface area contributed by atoms with Crippen molar-refractivity contribution in [2.45, 2.75) is 20.0 Å². The van der Waals surface area contributed by atoms with E-state index in [1.54, 1.807) is 9.80 Å². The second kappa shape index (κ2) is 6.93. The van der Waals surface area contributed by atoms with Crippen LogP contribution in [0.5, 0.6) is 0 Å². The molecule has 1 fully saturated rings. The molecule has 1 aromatic heterocycles. The number of aryl methyl sites for hydroxylation is 2. The highest BCUT2D eigenvalue weighted by atomic mass is 19.4. The predicted octanol–water partition coefficient (Wildman–Crippen LogP) is 3.07. The van der Waals surface area contributed by atoms with Crippen molar-refractivity contribution >= 4 is 11.7 Å². The zero-order valence-corrected chi connectivity index (χ0v) is 14.5. The third kappa shape index (κ3) is 3.79. The summed E-state index contributed by atoms with van der Waals surface area (Å²) in [5.74, 6) is 0.173. The van der Waals surface area contributed by atoms with Crippen molar-refractivity contribution in [1.82, 2.24) is 14.9 Å². The number of piperazine rings is 1. The first-order valence-corrected chi connectivity index (χ1v) is 8.26. The number of hydrogen-bond donors (Lipinski definition) is 0. The smallest absolute Gasteiger partial charge is 0.353 e. The molecule has 1 aromatic carbocycles. The van der Waals surface area contributed by atoms with E-state index in [1.807, 2.05) is 32.0 Å². The highest BCUT2D eigenvalue weighted by Gasteiger charge is 2.33. The number of alkyl halides is 3. The van der Waals surface area contributed by atoms with Gasteiger partial charge in [0.05, 0.1) is 0 Å². The lowest BCUT2D eigenvalue weighted by Gasteiger charge is -2.35. The lowest BCUT2D eigenvalue weighted by atomic mass is 10.0. The number of aromatic nitrogens is 2. The average Bonchev–Trinajstić information content (AvgIpc) is 2.61. The van der Waals surface area contributed by atoms with E-state index in [0.717, 1.165) is 23.5 Å². The molecule has 26 heavy (non-hydrogen) atoms. The molecule has 1 aliphatic rings. The summed E-state index contributed by atoms with van der Waals surface area (Å²) in [5.41, 5.74) is 1.71. The number of carbonyl (C=O) groups is 1. The SMILES string of the molecule is Cc1ccc(C(=O)N2CCN(c3cc(C(F)(F)F)ncn3)CC2)c(C)c1. The Hall–Kier alpha value is -2.64. The molecular weight excluding hydrogens is 345 g/mol. The number of rotatable bonds is 2. The lowest BCUT2D eigenvalue weighted by molar-refractivity contribution is -0.141. The number of benzene rings is 1. The normalized spacial score (nSPS) is 15.3. The molecule has 8 heteroatoms. The Morgan fingerprint density at radius 3 is 2.35 bits per heavy atom. The van der Waals surface area contributed by atoms with E-state index in [9.17, 15) is 18.0 Å². The van der Waals surface area contributed by atoms with E-state index in [0.29, 0.717) is 31.7 Å². The van der Waals surface area contributed by atoms with E-state index < -0.39 is 11.9 Å². The highest BCUT2D eigenvalue weighted by molar-refractivity contribution is 5.95. The molecule has 138 valence electrons. The topological polar surface area (TPSA) is 49.3 Å². The molecule has 0 aliphatic carbocycles. The molecule has 0 unspecified atom stereocenters. The first kappa shape index (κ1) is 18.2. The summed E-state index contributed by atoms with van der Waals surface area (Å²) < 4.78 is 38.4. The fraction of sp³-hybridized carbons (Fsp3) is 0.389. The van der Waals surface area contributed by atoms with Gasteiger partial charge in [0.1, 0.15) is 17.8 Å². The first-order valence-electron chi connectivity index (χ1n) is 8.26. The molecule has 5 nitrogen and oxygen atoms in total. The van der Waals surface area contributed by atoms with E-state index in [2.05, 4.69) is 9.97 Å². The standard InChI is InChI=1S/C18H19F3N4O/c1-12-3-4-14(13(2)9-12)17(26)25-7-5-24(6-8-25)16-10-15(18(19,20)21)22-11-23-16/h3-4,9-11H,5-8H2,1-2H3. The molecule has 0 atom stereocenters. The number of carbonyl (C=O) groups excluding carboxylic acids is 1. The van der Waals surface area contributed by atoms with Crippen LogP contribution in [0.3, 0.4) is 0 Å². The summed E-state index contributed by atoms with van der Waals surface area (Å²) in [4.78, 5) is 23.4. The van der Waals surface area contributed by atoms with Gasteiger partial charge < -0.3 is 9.80 Å². The Labute approximate surface area is 149 Å². The van der Waals surface area contributed by atoms with Gasteiger partial charge >= 0.3 is 6.18 Å². The van der Waals surface area contributed by atoms with Crippen molar-refractivity contribution < 1.29 is 18.0 Å². The molecule has 0 spiro atoms. The molecule has 0 bridgehead atoms. The van der Waals surface area contributed by atoms with Crippen LogP contribution in [-0.4, -0.2) is 47.0 Å². The second-order valence-electron chi connectivity index (χ2n) is 6.36. The minimum atomic E-state index is -4.50. The summed E-state index contributed by atoms with van der Waals surface area (Å²) in [7, 11) is 0. The van der Waals surface area contributed by atoms with Crippen LogP contribution in [0.15, 0.2) is 30.6 Å². The maximum atomic E-state index is 12.8. The maximum absolute atomic E-state index is 12.8. The Morgan fingerprint density at radius 1 is 1.04 bits per heavy atom. The van der Waals surface area contributed by atoms with E-state index in [1.165, 1.54) is 0 Å². The molecule has 0 saturated carbocycles. The van der Waals surface area contributed by atoms with E-state index in [4.69, 9.17) is 0 Å². The molecule has 2 aromatic rings. The van der Waals surface area contributed by atoms with Crippen molar-refractivity contribution in [2.75, 3.05) is 31.1 Å². The number of nitrogens with zero attached hydrogens (tertiary/aromatic N) is 4. The summed E-state index contributed by atoms with van der Waals surface area (Å²) in [6, 6.07) is 6.63. The van der Waals surface area contributed by atoms with Crippen molar-refractivity contribution in [3.05, 3.63) is 53.0 Å². The van der Waals surface area contributed by atoms with Gasteiger partial charge in [-0.2, -0.15) is 13.2 Å². The van der Waals surface area contributed by atoms with Crippen LogP contribution < -0.4 is 4.90 Å². The largest absolute Gasteiger partial charge is 0.433 e. The predicted molar refractivity (Wildman–Crippen MR) is 91.1 cm³/mol. The van der Waals surface area contributed by atoms with Crippen molar-refractivity contribution in [3.8, 4) is 0 Å². The number of hydrogen-bond acceptors (Lipinski definition) is 4. The molecule has 0 radical (unpaired) electrons. The minimum Gasteiger partial charge on any atom is -0.353 e. The van der Waals surface area contributed by atoms with Gasteiger partial charge in [0, 0.05) is 37.8 Å². The molecule has 1 amide bonds. The lowest BCUT2D eigenvalue weighted by Crippen LogP contribution is -2.49. The third-order valence-electron chi connectivity index (χ3n) is 4.45. The van der Waals surface area contributed by atoms with Gasteiger partial charge in [-0.05, 0) is 25.5 Å². The number of anilines is 1. The summed E-state index contributed by atoms with van der Waals surface area (Å²) in [6.45, 7) is 5.57. The number of amides is 1. The summed E-state index contributed by atoms with van der Waals surface area (Å²) in [6.07, 6.45) is -3.58. The van der Waals surface area contributed by atoms with Crippen LogP contribution in [0, 0.1) is 13.8 Å². The van der Waals surface area contributed by atoms with Crippen LogP contribution >= 0.6 is 0 Å². The van der Waals surface area contributed by atoms with Crippen LogP contribution in [0.1, 0.15) is 27.2 Å². The quantitative estimate of drug-likeness (QED) is 0.822. The van der Waals surface area contributed by atoms with Gasteiger partial charge in [-0.3, -0.25) is 4.79 Å². The Kier molecular flexibility index (Phi) is 4.84. The fourth-order valence-corrected chi connectivity index (χ4v) is 3.04. The Morgan fingerprint density at radius 2 is 1.73 bits per heavy atom. The van der Waals surface area contributed by atoms with Crippen LogP contribution in [0.4, 0.5) is 19.0 Å². The molecular formula is C18H19F3N4O. The molecule has 1 saturated heterocycles. The van der Waals surface area contributed by atoms with Crippen molar-refractivity contribution in [1.29, 1.82) is 0 Å². The van der Waals surface area contributed by atoms with Crippen LogP contribution in [0.2, 0.25) is 0 Å². The molecule has 1 aliphatic heterocycles. The van der Waals surface area contributed by atoms with E-state index in [-0.39, 0.29) is 11.7 Å². The van der Waals surface area contributed by atoms with Crippen LogP contribution in [0.25, 0.3) is 0 Å². The molecule has 2 heterocycles. The van der Waals surface area contributed by atoms with Crippen molar-refractivity contribution in [2.24, 2.45) is 0 Å². The highest BCUT2D eigenvalue weighted by Crippen LogP contribution is 2.29. The zero-order valence-electron chi connectivity index (χ0n) is 14.5. The second-order valence-corrected chi connectivity index (χ2v) is 6.36. The zero-order chi connectivity index (χ0) is 18.9. The molecule has 3 rings (SSSR count). The maximum Gasteiger partial charge on any atom is 0.433 e. The van der Waals surface area contributed by atoms with Gasteiger partial charge in [0.25, 0.3) is 5.91 Å². The summed E-state index contributed by atoms with van der Waals surface area (Å²) in [5, 5.41) is 0. The fourth-order valence-electron chi connectivity index (χ4n) is 3.04. The minimum absolute atomic E-state index is 0.0548. The molecule has 0 N–H and O–H groups in total. The van der Waals surface area contributed by atoms with Gasteiger partial charge in [-0.15, -0.1) is 0 Å². The van der Waals surface area contributed by atoms with Crippen molar-refractivity contribution in [3.63, 3.8) is 0 Å². The average molecular weight is 364 g/mol.